The molecule has 3 amide bonds. The van der Waals surface area contributed by atoms with Gasteiger partial charge in [-0.3, -0.25) is 14.4 Å². The molecule has 6 rings (SSSR count). The number of hydrogen-bond donors (Lipinski definition) is 0. The standard InChI is InChI=1S/C20H17F3N2O3/c1-24(17(26)9-2-4-10(5-3-9)20(21,22)23)25-18(27)15-11-6-7-12(14-8-13(11)14)16(15)19(25)28/h2-7,11-16H,8H2,1H3/t11?,12?,13?,14?,15-,16+. The van der Waals surface area contributed by atoms with E-state index < -0.39 is 29.5 Å². The molecular formula is C20H17F3N2O3. The monoisotopic (exact) mass is 390 g/mol. The lowest BCUT2D eigenvalue weighted by atomic mass is 9.63. The van der Waals surface area contributed by atoms with Gasteiger partial charge in [-0.15, -0.1) is 0 Å². The van der Waals surface area contributed by atoms with E-state index in [4.69, 9.17) is 0 Å². The minimum atomic E-state index is -4.50. The Morgan fingerprint density at radius 1 is 1.00 bits per heavy atom. The molecule has 5 nitrogen and oxygen atoms in total. The highest BCUT2D eigenvalue weighted by atomic mass is 19.4. The van der Waals surface area contributed by atoms with Crippen molar-refractivity contribution in [2.75, 3.05) is 7.05 Å². The molecule has 146 valence electrons. The lowest BCUT2D eigenvalue weighted by molar-refractivity contribution is -0.153. The Kier molecular flexibility index (Phi) is 3.40. The van der Waals surface area contributed by atoms with Gasteiger partial charge in [-0.25, -0.2) is 5.01 Å². The molecule has 28 heavy (non-hydrogen) atoms. The molecule has 1 aromatic rings. The normalized spacial score (nSPS) is 35.1. The minimum absolute atomic E-state index is 0.0186. The maximum absolute atomic E-state index is 13.0. The summed E-state index contributed by atoms with van der Waals surface area (Å²) in [6.07, 6.45) is 0.603. The molecule has 8 heteroatoms. The van der Waals surface area contributed by atoms with Crippen LogP contribution >= 0.6 is 0 Å². The van der Waals surface area contributed by atoms with Crippen molar-refractivity contribution in [1.82, 2.24) is 10.0 Å². The zero-order valence-corrected chi connectivity index (χ0v) is 14.9. The predicted molar refractivity (Wildman–Crippen MR) is 90.1 cm³/mol. The Balaban J connectivity index is 1.40. The molecule has 5 aliphatic rings. The van der Waals surface area contributed by atoms with E-state index in [1.165, 1.54) is 7.05 Å². The average Bonchev–Trinajstić information content (AvgIpc) is 3.44. The molecule has 0 spiro atoms. The summed E-state index contributed by atoms with van der Waals surface area (Å²) in [6.45, 7) is 0. The second-order valence-corrected chi connectivity index (χ2v) is 8.05. The molecular weight excluding hydrogens is 373 g/mol. The third-order valence-electron chi connectivity index (χ3n) is 6.69. The molecule has 2 saturated carbocycles. The predicted octanol–water partition coefficient (Wildman–Crippen LogP) is 2.75. The van der Waals surface area contributed by atoms with Gasteiger partial charge in [0.05, 0.1) is 17.4 Å². The zero-order chi connectivity index (χ0) is 20.0. The van der Waals surface area contributed by atoms with Gasteiger partial charge in [-0.2, -0.15) is 18.2 Å². The van der Waals surface area contributed by atoms with E-state index in [0.29, 0.717) is 11.8 Å². The summed E-state index contributed by atoms with van der Waals surface area (Å²) in [5.41, 5.74) is -0.886. The second-order valence-electron chi connectivity index (χ2n) is 8.05. The van der Waals surface area contributed by atoms with Gasteiger partial charge in [0.2, 0.25) is 0 Å². The number of nitrogens with zero attached hydrogens (tertiary/aromatic N) is 2. The first-order valence-electron chi connectivity index (χ1n) is 9.21. The number of hydrogen-bond acceptors (Lipinski definition) is 3. The topological polar surface area (TPSA) is 57.7 Å². The molecule has 1 aromatic carbocycles. The Morgan fingerprint density at radius 2 is 1.50 bits per heavy atom. The number of carbonyl (C=O) groups is 3. The van der Waals surface area contributed by atoms with E-state index in [0.717, 1.165) is 40.7 Å². The number of amides is 3. The van der Waals surface area contributed by atoms with Crippen LogP contribution in [0.4, 0.5) is 13.2 Å². The van der Waals surface area contributed by atoms with Gasteiger partial charge >= 0.3 is 6.18 Å². The molecule has 4 aliphatic carbocycles. The molecule has 3 fully saturated rings. The molecule has 1 aliphatic heterocycles. The van der Waals surface area contributed by atoms with Gasteiger partial charge in [-0.1, -0.05) is 12.2 Å². The molecule has 0 aromatic heterocycles. The van der Waals surface area contributed by atoms with Crippen molar-refractivity contribution >= 4 is 17.7 Å². The summed E-state index contributed by atoms with van der Waals surface area (Å²) in [4.78, 5) is 38.7. The third-order valence-corrected chi connectivity index (χ3v) is 6.69. The van der Waals surface area contributed by atoms with Crippen LogP contribution in [0.1, 0.15) is 22.3 Å². The number of imide groups is 1. The van der Waals surface area contributed by atoms with Crippen LogP contribution in [0.5, 0.6) is 0 Å². The van der Waals surface area contributed by atoms with Gasteiger partial charge in [0, 0.05) is 12.6 Å². The van der Waals surface area contributed by atoms with E-state index in [1.807, 2.05) is 12.2 Å². The van der Waals surface area contributed by atoms with Gasteiger partial charge in [0.25, 0.3) is 17.7 Å². The van der Waals surface area contributed by atoms with Crippen LogP contribution in [0.3, 0.4) is 0 Å². The van der Waals surface area contributed by atoms with Crippen LogP contribution in [-0.2, 0) is 15.8 Å². The van der Waals surface area contributed by atoms with Crippen LogP contribution in [-0.4, -0.2) is 34.8 Å². The lowest BCUT2D eigenvalue weighted by Gasteiger charge is -2.37. The van der Waals surface area contributed by atoms with Crippen LogP contribution < -0.4 is 0 Å². The van der Waals surface area contributed by atoms with Crippen LogP contribution in [0.2, 0.25) is 0 Å². The summed E-state index contributed by atoms with van der Waals surface area (Å²) >= 11 is 0. The van der Waals surface area contributed by atoms with E-state index in [-0.39, 0.29) is 29.2 Å². The number of alkyl halides is 3. The van der Waals surface area contributed by atoms with Crippen molar-refractivity contribution in [3.05, 3.63) is 47.5 Å². The van der Waals surface area contributed by atoms with Crippen LogP contribution in [0.15, 0.2) is 36.4 Å². The molecule has 1 heterocycles. The van der Waals surface area contributed by atoms with E-state index >= 15 is 0 Å². The first-order chi connectivity index (χ1) is 13.2. The summed E-state index contributed by atoms with van der Waals surface area (Å²) in [6, 6.07) is 3.73. The maximum Gasteiger partial charge on any atom is 0.416 e. The Hall–Kier alpha value is -2.64. The lowest BCUT2D eigenvalue weighted by Crippen LogP contribution is -2.48. The van der Waals surface area contributed by atoms with Crippen LogP contribution in [0.25, 0.3) is 0 Å². The van der Waals surface area contributed by atoms with Gasteiger partial charge in [0.1, 0.15) is 0 Å². The van der Waals surface area contributed by atoms with Crippen molar-refractivity contribution in [2.24, 2.45) is 35.5 Å². The maximum atomic E-state index is 13.0. The fourth-order valence-corrected chi connectivity index (χ4v) is 5.32. The molecule has 0 N–H and O–H groups in total. The molecule has 2 bridgehead atoms. The van der Waals surface area contributed by atoms with E-state index in [2.05, 4.69) is 0 Å². The highest BCUT2D eigenvalue weighted by Gasteiger charge is 2.67. The number of carbonyl (C=O) groups excluding carboxylic acids is 3. The van der Waals surface area contributed by atoms with E-state index in [1.54, 1.807) is 0 Å². The summed E-state index contributed by atoms with van der Waals surface area (Å²) in [5, 5.41) is 1.84. The molecule has 4 unspecified atom stereocenters. The number of hydrazine groups is 1. The molecule has 0 radical (unpaired) electrons. The smallest absolute Gasteiger partial charge is 0.272 e. The summed E-state index contributed by atoms with van der Waals surface area (Å²) in [7, 11) is 1.31. The van der Waals surface area contributed by atoms with Gasteiger partial charge < -0.3 is 0 Å². The zero-order valence-electron chi connectivity index (χ0n) is 14.9. The van der Waals surface area contributed by atoms with Crippen molar-refractivity contribution in [3.8, 4) is 0 Å². The number of benzene rings is 1. The van der Waals surface area contributed by atoms with Crippen molar-refractivity contribution < 1.29 is 27.6 Å². The van der Waals surface area contributed by atoms with Crippen molar-refractivity contribution in [1.29, 1.82) is 0 Å². The van der Waals surface area contributed by atoms with Crippen molar-refractivity contribution in [3.63, 3.8) is 0 Å². The Bertz CT molecular complexity index is 888. The molecule has 1 saturated heterocycles. The SMILES string of the molecule is CN(C(=O)c1ccc(C(F)(F)F)cc1)N1C(=O)[C@@H]2C3C=CC(C4CC43)[C@@H]2C1=O. The first kappa shape index (κ1) is 17.5. The highest BCUT2D eigenvalue weighted by Crippen LogP contribution is 2.65. The Labute approximate surface area is 158 Å². The first-order valence-corrected chi connectivity index (χ1v) is 9.21. The summed E-state index contributed by atoms with van der Waals surface area (Å²) < 4.78 is 38.1. The third kappa shape index (κ3) is 2.23. The fraction of sp³-hybridized carbons (Fsp3) is 0.450. The molecule has 6 atom stereocenters. The number of allylic oxidation sites excluding steroid dienone is 2. The number of rotatable bonds is 2. The van der Waals surface area contributed by atoms with Gasteiger partial charge in [0.15, 0.2) is 0 Å². The fourth-order valence-electron chi connectivity index (χ4n) is 5.32. The second kappa shape index (κ2) is 5.46. The van der Waals surface area contributed by atoms with Crippen LogP contribution in [0, 0.1) is 35.5 Å². The van der Waals surface area contributed by atoms with Crippen molar-refractivity contribution in [2.45, 2.75) is 12.6 Å². The van der Waals surface area contributed by atoms with Gasteiger partial charge in [-0.05, 0) is 54.4 Å². The quantitative estimate of drug-likeness (QED) is 0.576. The summed E-state index contributed by atoms with van der Waals surface area (Å²) in [5.74, 6) is -1.37. The van der Waals surface area contributed by atoms with E-state index in [9.17, 15) is 27.6 Å². The Morgan fingerprint density at radius 3 is 1.96 bits per heavy atom. The largest absolute Gasteiger partial charge is 0.416 e. The number of halogens is 3. The minimum Gasteiger partial charge on any atom is -0.272 e. The average molecular weight is 390 g/mol. The highest BCUT2D eigenvalue weighted by molar-refractivity contribution is 6.08.